The summed E-state index contributed by atoms with van der Waals surface area (Å²) in [5, 5.41) is 7.30. The van der Waals surface area contributed by atoms with Crippen molar-refractivity contribution in [2.75, 3.05) is 13.1 Å². The Kier molecular flexibility index (Phi) is 4.49. The number of halogens is 2. The molecule has 0 aliphatic carbocycles. The van der Waals surface area contributed by atoms with Gasteiger partial charge in [-0.15, -0.1) is 0 Å². The summed E-state index contributed by atoms with van der Waals surface area (Å²) < 4.78 is 0. The van der Waals surface area contributed by atoms with Crippen molar-refractivity contribution in [3.05, 3.63) is 33.8 Å². The molecule has 0 spiro atoms. The highest BCUT2D eigenvalue weighted by Crippen LogP contribution is 2.19. The van der Waals surface area contributed by atoms with Crippen molar-refractivity contribution in [1.29, 1.82) is 0 Å². The van der Waals surface area contributed by atoms with E-state index in [-0.39, 0.29) is 11.9 Å². The topological polar surface area (TPSA) is 41.1 Å². The normalized spacial score (nSPS) is 23.7. The number of amides is 1. The number of hydrogen-bond acceptors (Lipinski definition) is 2. The molecule has 98 valence electrons. The van der Waals surface area contributed by atoms with E-state index in [1.807, 2.05) is 0 Å². The van der Waals surface area contributed by atoms with E-state index in [0.29, 0.717) is 21.5 Å². The summed E-state index contributed by atoms with van der Waals surface area (Å²) in [6.45, 7) is 3.99. The summed E-state index contributed by atoms with van der Waals surface area (Å²) in [7, 11) is 0. The minimum Gasteiger partial charge on any atom is -0.349 e. The highest BCUT2D eigenvalue weighted by atomic mass is 35.5. The van der Waals surface area contributed by atoms with E-state index in [1.54, 1.807) is 18.2 Å². The zero-order valence-corrected chi connectivity index (χ0v) is 11.7. The molecule has 1 heterocycles. The number of hydrogen-bond donors (Lipinski definition) is 2. The van der Waals surface area contributed by atoms with Gasteiger partial charge >= 0.3 is 0 Å². The van der Waals surface area contributed by atoms with Crippen molar-refractivity contribution in [2.45, 2.75) is 19.4 Å². The highest BCUT2D eigenvalue weighted by Gasteiger charge is 2.23. The first-order valence-corrected chi connectivity index (χ1v) is 6.79. The van der Waals surface area contributed by atoms with E-state index in [4.69, 9.17) is 23.2 Å². The van der Waals surface area contributed by atoms with Crippen LogP contribution in [-0.4, -0.2) is 25.0 Å². The van der Waals surface area contributed by atoms with Gasteiger partial charge in [0.2, 0.25) is 0 Å². The second-order valence-electron chi connectivity index (χ2n) is 4.71. The smallest absolute Gasteiger partial charge is 0.251 e. The van der Waals surface area contributed by atoms with Crippen LogP contribution in [0, 0.1) is 5.92 Å². The molecule has 1 fully saturated rings. The SMILES string of the molecule is CC1CNCCC1NC(=O)c1cc(Cl)cc(Cl)c1. The molecule has 3 nitrogen and oxygen atoms in total. The fraction of sp³-hybridized carbons (Fsp3) is 0.462. The Balaban J connectivity index is 2.06. The van der Waals surface area contributed by atoms with Gasteiger partial charge in [0.05, 0.1) is 0 Å². The second kappa shape index (κ2) is 5.91. The second-order valence-corrected chi connectivity index (χ2v) is 5.58. The van der Waals surface area contributed by atoms with E-state index in [1.165, 1.54) is 0 Å². The van der Waals surface area contributed by atoms with Crippen LogP contribution in [0.4, 0.5) is 0 Å². The van der Waals surface area contributed by atoms with E-state index < -0.39 is 0 Å². The minimum absolute atomic E-state index is 0.113. The molecule has 1 saturated heterocycles. The molecule has 1 aliphatic rings. The standard InChI is InChI=1S/C13H16Cl2N2O/c1-8-7-16-3-2-12(8)17-13(18)9-4-10(14)6-11(15)5-9/h4-6,8,12,16H,2-3,7H2,1H3,(H,17,18). The first-order chi connectivity index (χ1) is 8.56. The Labute approximate surface area is 117 Å². The summed E-state index contributed by atoms with van der Waals surface area (Å²) in [6.07, 6.45) is 0.946. The molecule has 1 amide bonds. The zero-order chi connectivity index (χ0) is 13.1. The van der Waals surface area contributed by atoms with Gasteiger partial charge in [0.1, 0.15) is 0 Å². The van der Waals surface area contributed by atoms with Crippen LogP contribution in [0.15, 0.2) is 18.2 Å². The molecule has 2 unspecified atom stereocenters. The average molecular weight is 287 g/mol. The summed E-state index contributed by atoms with van der Waals surface area (Å²) >= 11 is 11.8. The van der Waals surface area contributed by atoms with Crippen molar-refractivity contribution >= 4 is 29.1 Å². The van der Waals surface area contributed by atoms with E-state index in [0.717, 1.165) is 19.5 Å². The van der Waals surface area contributed by atoms with Crippen LogP contribution in [0.5, 0.6) is 0 Å². The third-order valence-corrected chi connectivity index (χ3v) is 3.66. The van der Waals surface area contributed by atoms with Crippen molar-refractivity contribution in [3.63, 3.8) is 0 Å². The first-order valence-electron chi connectivity index (χ1n) is 6.04. The first kappa shape index (κ1) is 13.7. The van der Waals surface area contributed by atoms with Crippen LogP contribution in [0.25, 0.3) is 0 Å². The van der Waals surface area contributed by atoms with Gasteiger partial charge in [0.25, 0.3) is 5.91 Å². The Bertz CT molecular complexity index is 430. The predicted octanol–water partition coefficient (Wildman–Crippen LogP) is 2.72. The van der Waals surface area contributed by atoms with Crippen molar-refractivity contribution < 1.29 is 4.79 Å². The summed E-state index contributed by atoms with van der Waals surface area (Å²) in [6, 6.07) is 5.09. The van der Waals surface area contributed by atoms with Crippen LogP contribution in [0.2, 0.25) is 10.0 Å². The van der Waals surface area contributed by atoms with Gasteiger partial charge in [-0.25, -0.2) is 0 Å². The molecule has 1 aromatic rings. The number of nitrogens with one attached hydrogen (secondary N) is 2. The van der Waals surface area contributed by atoms with Gasteiger partial charge < -0.3 is 10.6 Å². The van der Waals surface area contributed by atoms with Gasteiger partial charge in [-0.1, -0.05) is 30.1 Å². The molecule has 2 atom stereocenters. The predicted molar refractivity (Wildman–Crippen MR) is 74.4 cm³/mol. The summed E-state index contributed by atoms with van der Waals surface area (Å²) in [4.78, 5) is 12.1. The van der Waals surface area contributed by atoms with Crippen molar-refractivity contribution in [1.82, 2.24) is 10.6 Å². The van der Waals surface area contributed by atoms with Crippen LogP contribution < -0.4 is 10.6 Å². The molecular formula is C13H16Cl2N2O. The van der Waals surface area contributed by atoms with Gasteiger partial charge in [0, 0.05) is 21.7 Å². The zero-order valence-electron chi connectivity index (χ0n) is 10.2. The van der Waals surface area contributed by atoms with Crippen LogP contribution in [-0.2, 0) is 0 Å². The minimum atomic E-state index is -0.113. The Morgan fingerprint density at radius 3 is 2.61 bits per heavy atom. The van der Waals surface area contributed by atoms with Crippen molar-refractivity contribution in [2.24, 2.45) is 5.92 Å². The number of piperidine rings is 1. The van der Waals surface area contributed by atoms with Gasteiger partial charge in [-0.2, -0.15) is 0 Å². The number of rotatable bonds is 2. The molecule has 1 aromatic carbocycles. The molecule has 1 aliphatic heterocycles. The van der Waals surface area contributed by atoms with E-state index in [2.05, 4.69) is 17.6 Å². The lowest BCUT2D eigenvalue weighted by Crippen LogP contribution is -2.48. The maximum atomic E-state index is 12.1. The molecule has 0 bridgehead atoms. The Hall–Kier alpha value is -0.770. The van der Waals surface area contributed by atoms with Crippen LogP contribution in [0.1, 0.15) is 23.7 Å². The molecule has 5 heteroatoms. The van der Waals surface area contributed by atoms with Gasteiger partial charge in [0.15, 0.2) is 0 Å². The summed E-state index contributed by atoms with van der Waals surface area (Å²) in [5.74, 6) is 0.315. The molecule has 0 saturated carbocycles. The molecular weight excluding hydrogens is 271 g/mol. The number of benzene rings is 1. The third kappa shape index (κ3) is 3.37. The number of carbonyl (C=O) groups excluding carboxylic acids is 1. The monoisotopic (exact) mass is 286 g/mol. The van der Waals surface area contributed by atoms with Gasteiger partial charge in [-0.3, -0.25) is 4.79 Å². The quantitative estimate of drug-likeness (QED) is 0.878. The lowest BCUT2D eigenvalue weighted by molar-refractivity contribution is 0.0914. The Morgan fingerprint density at radius 2 is 2.00 bits per heavy atom. The maximum Gasteiger partial charge on any atom is 0.251 e. The molecule has 2 rings (SSSR count). The lowest BCUT2D eigenvalue weighted by Gasteiger charge is -2.30. The number of carbonyl (C=O) groups is 1. The fourth-order valence-corrected chi connectivity index (χ4v) is 2.69. The largest absolute Gasteiger partial charge is 0.349 e. The highest BCUT2D eigenvalue weighted by molar-refractivity contribution is 6.35. The fourth-order valence-electron chi connectivity index (χ4n) is 2.17. The summed E-state index contributed by atoms with van der Waals surface area (Å²) in [5.41, 5.74) is 0.512. The Morgan fingerprint density at radius 1 is 1.33 bits per heavy atom. The lowest BCUT2D eigenvalue weighted by atomic mass is 9.95. The van der Waals surface area contributed by atoms with Crippen LogP contribution >= 0.6 is 23.2 Å². The molecule has 0 radical (unpaired) electrons. The van der Waals surface area contributed by atoms with Crippen molar-refractivity contribution in [3.8, 4) is 0 Å². The molecule has 2 N–H and O–H groups in total. The van der Waals surface area contributed by atoms with E-state index >= 15 is 0 Å². The molecule has 0 aromatic heterocycles. The van der Waals surface area contributed by atoms with E-state index in [9.17, 15) is 4.79 Å². The molecule has 18 heavy (non-hydrogen) atoms. The maximum absolute atomic E-state index is 12.1. The average Bonchev–Trinajstić information content (AvgIpc) is 2.31. The van der Waals surface area contributed by atoms with Crippen LogP contribution in [0.3, 0.4) is 0 Å². The third-order valence-electron chi connectivity index (χ3n) is 3.23. The van der Waals surface area contributed by atoms with Gasteiger partial charge in [-0.05, 0) is 43.6 Å².